The smallest absolute Gasteiger partial charge is 0.322 e. The van der Waals surface area contributed by atoms with Gasteiger partial charge in [0.05, 0.1) is 7.11 Å². The zero-order valence-electron chi connectivity index (χ0n) is 12.1. The molecule has 1 aromatic heterocycles. The molecule has 106 valence electrons. The summed E-state index contributed by atoms with van der Waals surface area (Å²) in [5, 5.41) is 3.08. The molecule has 3 N–H and O–H groups in total. The Morgan fingerprint density at radius 3 is 2.25 bits per heavy atom. The molecular formula is C14H19N5O. The molecule has 0 bridgehead atoms. The van der Waals surface area contributed by atoms with Gasteiger partial charge in [-0.3, -0.25) is 0 Å². The number of methoxy groups -OCH3 is 1. The van der Waals surface area contributed by atoms with Gasteiger partial charge in [0.25, 0.3) is 0 Å². The van der Waals surface area contributed by atoms with Crippen molar-refractivity contribution in [3.8, 4) is 6.01 Å². The van der Waals surface area contributed by atoms with Crippen LogP contribution in [-0.4, -0.2) is 22.1 Å². The third kappa shape index (κ3) is 3.34. The van der Waals surface area contributed by atoms with E-state index < -0.39 is 0 Å². The van der Waals surface area contributed by atoms with Gasteiger partial charge in [-0.25, -0.2) is 0 Å². The molecule has 2 rings (SSSR count). The summed E-state index contributed by atoms with van der Waals surface area (Å²) in [4.78, 5) is 11.9. The summed E-state index contributed by atoms with van der Waals surface area (Å²) in [6, 6.07) is 8.29. The average molecular weight is 273 g/mol. The van der Waals surface area contributed by atoms with Gasteiger partial charge in [-0.2, -0.15) is 15.0 Å². The summed E-state index contributed by atoms with van der Waals surface area (Å²) < 4.78 is 4.95. The third-order valence-electron chi connectivity index (χ3n) is 2.82. The molecule has 0 aliphatic heterocycles. The van der Waals surface area contributed by atoms with Gasteiger partial charge in [-0.1, -0.05) is 32.9 Å². The lowest BCUT2D eigenvalue weighted by Gasteiger charge is -2.19. The molecule has 20 heavy (non-hydrogen) atoms. The molecule has 0 saturated heterocycles. The lowest BCUT2D eigenvalue weighted by Crippen LogP contribution is -2.10. The van der Waals surface area contributed by atoms with Crippen LogP contribution in [0.3, 0.4) is 0 Å². The standard InChI is InChI=1S/C14H19N5O/c1-14(2,3)9-5-7-10(8-6-9)16-12-17-11(15)18-13(19-12)20-4/h5-8H,1-4H3,(H3,15,16,17,18,19). The number of nitrogen functional groups attached to an aromatic ring is 1. The highest BCUT2D eigenvalue weighted by atomic mass is 16.5. The monoisotopic (exact) mass is 273 g/mol. The van der Waals surface area contributed by atoms with Crippen LogP contribution in [0.2, 0.25) is 0 Å². The van der Waals surface area contributed by atoms with Crippen LogP contribution in [0.4, 0.5) is 17.6 Å². The maximum Gasteiger partial charge on any atom is 0.322 e. The Balaban J connectivity index is 2.20. The maximum absolute atomic E-state index is 5.59. The van der Waals surface area contributed by atoms with E-state index in [1.807, 2.05) is 12.1 Å². The highest BCUT2D eigenvalue weighted by molar-refractivity contribution is 5.55. The SMILES string of the molecule is COc1nc(N)nc(Nc2ccc(C(C)(C)C)cc2)n1. The van der Waals surface area contributed by atoms with E-state index in [1.54, 1.807) is 0 Å². The Labute approximate surface area is 118 Å². The molecule has 0 atom stereocenters. The van der Waals surface area contributed by atoms with E-state index in [9.17, 15) is 0 Å². The average Bonchev–Trinajstić information content (AvgIpc) is 2.37. The van der Waals surface area contributed by atoms with Crippen molar-refractivity contribution in [3.05, 3.63) is 29.8 Å². The van der Waals surface area contributed by atoms with Crippen LogP contribution in [0.1, 0.15) is 26.3 Å². The molecule has 0 radical (unpaired) electrons. The van der Waals surface area contributed by atoms with Gasteiger partial charge in [-0.15, -0.1) is 0 Å². The number of anilines is 3. The molecule has 0 saturated carbocycles. The van der Waals surface area contributed by atoms with E-state index in [2.05, 4.69) is 53.2 Å². The summed E-state index contributed by atoms with van der Waals surface area (Å²) in [6.45, 7) is 6.52. The first-order valence-electron chi connectivity index (χ1n) is 6.31. The Kier molecular flexibility index (Phi) is 3.74. The zero-order valence-corrected chi connectivity index (χ0v) is 12.1. The van der Waals surface area contributed by atoms with Crippen molar-refractivity contribution in [1.29, 1.82) is 0 Å². The number of nitrogens with zero attached hydrogens (tertiary/aromatic N) is 3. The Morgan fingerprint density at radius 2 is 1.70 bits per heavy atom. The topological polar surface area (TPSA) is 86.0 Å². The molecule has 0 spiro atoms. The molecule has 0 aliphatic carbocycles. The number of hydrogen-bond donors (Lipinski definition) is 2. The van der Waals surface area contributed by atoms with E-state index >= 15 is 0 Å². The van der Waals surface area contributed by atoms with Gasteiger partial charge in [-0.05, 0) is 23.1 Å². The van der Waals surface area contributed by atoms with Crippen LogP contribution >= 0.6 is 0 Å². The second-order valence-electron chi connectivity index (χ2n) is 5.46. The fraction of sp³-hybridized carbons (Fsp3) is 0.357. The second kappa shape index (κ2) is 5.32. The molecule has 0 unspecified atom stereocenters. The molecule has 2 aromatic rings. The van der Waals surface area contributed by atoms with E-state index in [0.29, 0.717) is 5.95 Å². The first-order chi connectivity index (χ1) is 9.38. The number of hydrogen-bond acceptors (Lipinski definition) is 6. The third-order valence-corrected chi connectivity index (χ3v) is 2.82. The van der Waals surface area contributed by atoms with Gasteiger partial charge in [0.15, 0.2) is 0 Å². The first kappa shape index (κ1) is 14.0. The van der Waals surface area contributed by atoms with Gasteiger partial charge < -0.3 is 15.8 Å². The molecule has 6 heteroatoms. The van der Waals surface area contributed by atoms with Crippen molar-refractivity contribution in [2.24, 2.45) is 0 Å². The molecule has 1 aromatic carbocycles. The minimum Gasteiger partial charge on any atom is -0.467 e. The Morgan fingerprint density at radius 1 is 1.05 bits per heavy atom. The van der Waals surface area contributed by atoms with E-state index in [4.69, 9.17) is 10.5 Å². The zero-order chi connectivity index (χ0) is 14.8. The fourth-order valence-electron chi connectivity index (χ4n) is 1.70. The van der Waals surface area contributed by atoms with Crippen LogP contribution < -0.4 is 15.8 Å². The van der Waals surface area contributed by atoms with Gasteiger partial charge in [0, 0.05) is 5.69 Å². The van der Waals surface area contributed by atoms with Crippen LogP contribution in [-0.2, 0) is 5.41 Å². The lowest BCUT2D eigenvalue weighted by atomic mass is 9.87. The quantitative estimate of drug-likeness (QED) is 0.893. The maximum atomic E-state index is 5.59. The van der Waals surface area contributed by atoms with Crippen molar-refractivity contribution in [2.75, 3.05) is 18.2 Å². The van der Waals surface area contributed by atoms with Crippen molar-refractivity contribution in [3.63, 3.8) is 0 Å². The van der Waals surface area contributed by atoms with E-state index in [0.717, 1.165) is 5.69 Å². The predicted molar refractivity (Wildman–Crippen MR) is 79.2 cm³/mol. The molecule has 1 heterocycles. The first-order valence-corrected chi connectivity index (χ1v) is 6.31. The van der Waals surface area contributed by atoms with Gasteiger partial charge in [0.1, 0.15) is 0 Å². The van der Waals surface area contributed by atoms with Crippen molar-refractivity contribution >= 4 is 17.6 Å². The van der Waals surface area contributed by atoms with E-state index in [-0.39, 0.29) is 17.4 Å². The summed E-state index contributed by atoms with van der Waals surface area (Å²) in [5.74, 6) is 0.475. The number of nitrogens with one attached hydrogen (secondary N) is 1. The molecular weight excluding hydrogens is 254 g/mol. The van der Waals surface area contributed by atoms with Crippen LogP contribution in [0.5, 0.6) is 6.01 Å². The summed E-state index contributed by atoms with van der Waals surface area (Å²) in [6.07, 6.45) is 0. The highest BCUT2D eigenvalue weighted by Crippen LogP contribution is 2.24. The summed E-state index contributed by atoms with van der Waals surface area (Å²) in [7, 11) is 1.48. The molecule has 0 amide bonds. The number of rotatable bonds is 3. The Bertz CT molecular complexity index is 590. The Hall–Kier alpha value is -2.37. The van der Waals surface area contributed by atoms with Crippen molar-refractivity contribution < 1.29 is 4.74 Å². The van der Waals surface area contributed by atoms with Crippen molar-refractivity contribution in [2.45, 2.75) is 26.2 Å². The van der Waals surface area contributed by atoms with Crippen LogP contribution in [0, 0.1) is 0 Å². The molecule has 6 nitrogen and oxygen atoms in total. The van der Waals surface area contributed by atoms with Crippen LogP contribution in [0.25, 0.3) is 0 Å². The normalized spacial score (nSPS) is 11.2. The lowest BCUT2D eigenvalue weighted by molar-refractivity contribution is 0.380. The largest absolute Gasteiger partial charge is 0.467 e. The summed E-state index contributed by atoms with van der Waals surface area (Å²) >= 11 is 0. The number of benzene rings is 1. The van der Waals surface area contributed by atoms with Crippen molar-refractivity contribution in [1.82, 2.24) is 15.0 Å². The van der Waals surface area contributed by atoms with Crippen LogP contribution in [0.15, 0.2) is 24.3 Å². The minimum atomic E-state index is 0.116. The highest BCUT2D eigenvalue weighted by Gasteiger charge is 2.13. The van der Waals surface area contributed by atoms with Gasteiger partial charge >= 0.3 is 6.01 Å². The second-order valence-corrected chi connectivity index (χ2v) is 5.46. The number of ether oxygens (including phenoxy) is 1. The number of nitrogens with two attached hydrogens (primary N) is 1. The summed E-state index contributed by atoms with van der Waals surface area (Å²) in [5.41, 5.74) is 7.85. The minimum absolute atomic E-state index is 0.116. The fourth-order valence-corrected chi connectivity index (χ4v) is 1.70. The number of aromatic nitrogens is 3. The molecule has 0 fully saturated rings. The van der Waals surface area contributed by atoms with Gasteiger partial charge in [0.2, 0.25) is 11.9 Å². The van der Waals surface area contributed by atoms with E-state index in [1.165, 1.54) is 12.7 Å². The molecule has 0 aliphatic rings. The predicted octanol–water partition coefficient (Wildman–Crippen LogP) is 2.50.